The van der Waals surface area contributed by atoms with Crippen molar-refractivity contribution in [1.29, 1.82) is 0 Å². The fraction of sp³-hybridized carbons (Fsp3) is 1.00. The van der Waals surface area contributed by atoms with Gasteiger partial charge in [-0.15, -0.1) is 0 Å². The standard InChI is InChI=1S/C10H23IN2O3/c11-13-4-2-6-15-8-10-16-9-7-14-5-1-3-12/h13H,1-10,12H2. The molecule has 0 bridgehead atoms. The van der Waals surface area contributed by atoms with Crippen LogP contribution in [0.1, 0.15) is 12.8 Å². The third-order valence-electron chi connectivity index (χ3n) is 1.80. The van der Waals surface area contributed by atoms with Crippen LogP contribution >= 0.6 is 22.9 Å². The van der Waals surface area contributed by atoms with Crippen LogP contribution in [0.15, 0.2) is 0 Å². The lowest BCUT2D eigenvalue weighted by atomic mass is 10.5. The molecule has 6 heteroatoms. The van der Waals surface area contributed by atoms with E-state index in [9.17, 15) is 0 Å². The second kappa shape index (κ2) is 15.5. The van der Waals surface area contributed by atoms with Gasteiger partial charge in [0.2, 0.25) is 0 Å². The van der Waals surface area contributed by atoms with Crippen molar-refractivity contribution in [3.8, 4) is 0 Å². The largest absolute Gasteiger partial charge is 0.379 e. The maximum atomic E-state index is 5.36. The Morgan fingerprint density at radius 3 is 1.81 bits per heavy atom. The van der Waals surface area contributed by atoms with E-state index in [0.29, 0.717) is 33.0 Å². The Labute approximate surface area is 112 Å². The molecule has 0 aliphatic carbocycles. The number of hydrogen-bond donors (Lipinski definition) is 2. The minimum absolute atomic E-state index is 0.628. The van der Waals surface area contributed by atoms with E-state index in [4.69, 9.17) is 19.9 Å². The van der Waals surface area contributed by atoms with Gasteiger partial charge in [-0.1, -0.05) is 0 Å². The Balaban J connectivity index is 2.83. The highest BCUT2D eigenvalue weighted by atomic mass is 127. The van der Waals surface area contributed by atoms with Crippen molar-refractivity contribution >= 4 is 22.9 Å². The Kier molecular flexibility index (Phi) is 16.0. The number of ether oxygens (including phenoxy) is 3. The van der Waals surface area contributed by atoms with Gasteiger partial charge in [0.05, 0.1) is 26.4 Å². The first-order chi connectivity index (χ1) is 7.91. The maximum absolute atomic E-state index is 5.36. The smallest absolute Gasteiger partial charge is 0.0701 e. The Hall–Kier alpha value is 0.530. The molecule has 98 valence electrons. The average molecular weight is 346 g/mol. The van der Waals surface area contributed by atoms with Crippen molar-refractivity contribution in [2.24, 2.45) is 5.73 Å². The summed E-state index contributed by atoms with van der Waals surface area (Å²) in [4.78, 5) is 0. The maximum Gasteiger partial charge on any atom is 0.0701 e. The fourth-order valence-corrected chi connectivity index (χ4v) is 1.35. The minimum Gasteiger partial charge on any atom is -0.379 e. The van der Waals surface area contributed by atoms with Gasteiger partial charge in [0, 0.05) is 42.6 Å². The molecule has 0 unspecified atom stereocenters. The summed E-state index contributed by atoms with van der Waals surface area (Å²) in [5.41, 5.74) is 5.33. The predicted molar refractivity (Wildman–Crippen MR) is 72.8 cm³/mol. The van der Waals surface area contributed by atoms with Crippen LogP contribution in [0, 0.1) is 0 Å². The van der Waals surface area contributed by atoms with Crippen LogP contribution in [0.3, 0.4) is 0 Å². The SMILES string of the molecule is NCCCOCCOCCOCCCNI. The minimum atomic E-state index is 0.628. The number of rotatable bonds is 13. The molecule has 16 heavy (non-hydrogen) atoms. The second-order valence-electron chi connectivity index (χ2n) is 3.22. The summed E-state index contributed by atoms with van der Waals surface area (Å²) in [7, 11) is 0. The monoisotopic (exact) mass is 346 g/mol. The Morgan fingerprint density at radius 2 is 1.31 bits per heavy atom. The Morgan fingerprint density at radius 1 is 0.812 bits per heavy atom. The van der Waals surface area contributed by atoms with Crippen LogP contribution in [-0.2, 0) is 14.2 Å². The fourth-order valence-electron chi connectivity index (χ4n) is 0.968. The van der Waals surface area contributed by atoms with Gasteiger partial charge in [0.15, 0.2) is 0 Å². The van der Waals surface area contributed by atoms with Crippen molar-refractivity contribution in [3.63, 3.8) is 0 Å². The molecule has 3 N–H and O–H groups in total. The van der Waals surface area contributed by atoms with Gasteiger partial charge in [-0.05, 0) is 19.4 Å². The Bertz CT molecular complexity index is 117. The van der Waals surface area contributed by atoms with Crippen LogP contribution in [0.5, 0.6) is 0 Å². The number of nitrogens with one attached hydrogen (secondary N) is 1. The molecular weight excluding hydrogens is 323 g/mol. The number of halogens is 1. The van der Waals surface area contributed by atoms with Gasteiger partial charge in [0.25, 0.3) is 0 Å². The molecule has 0 aromatic heterocycles. The van der Waals surface area contributed by atoms with Crippen LogP contribution in [0.4, 0.5) is 0 Å². The van der Waals surface area contributed by atoms with Crippen LogP contribution in [-0.4, -0.2) is 52.7 Å². The summed E-state index contributed by atoms with van der Waals surface area (Å²) < 4.78 is 19.0. The van der Waals surface area contributed by atoms with E-state index in [1.165, 1.54) is 0 Å². The summed E-state index contributed by atoms with van der Waals surface area (Å²) in [5.74, 6) is 0. The van der Waals surface area contributed by atoms with E-state index in [1.54, 1.807) is 0 Å². The topological polar surface area (TPSA) is 65.7 Å². The van der Waals surface area contributed by atoms with Crippen molar-refractivity contribution in [1.82, 2.24) is 3.53 Å². The molecule has 0 aliphatic heterocycles. The van der Waals surface area contributed by atoms with E-state index in [1.807, 2.05) is 0 Å². The number of hydrogen-bond acceptors (Lipinski definition) is 5. The summed E-state index contributed by atoms with van der Waals surface area (Å²) in [5, 5.41) is 0. The van der Waals surface area contributed by atoms with E-state index in [0.717, 1.165) is 32.6 Å². The molecule has 0 saturated carbocycles. The summed E-state index contributed by atoms with van der Waals surface area (Å²) in [6.45, 7) is 5.73. The molecule has 0 atom stereocenters. The molecule has 5 nitrogen and oxygen atoms in total. The molecule has 0 heterocycles. The molecule has 0 amide bonds. The van der Waals surface area contributed by atoms with Gasteiger partial charge in [-0.25, -0.2) is 0 Å². The van der Waals surface area contributed by atoms with Gasteiger partial charge < -0.3 is 19.9 Å². The quantitative estimate of drug-likeness (QED) is 0.292. The highest BCUT2D eigenvalue weighted by Crippen LogP contribution is 1.85. The highest BCUT2D eigenvalue weighted by Gasteiger charge is 1.91. The van der Waals surface area contributed by atoms with Gasteiger partial charge in [-0.3, -0.25) is 3.53 Å². The summed E-state index contributed by atoms with van der Waals surface area (Å²) in [6.07, 6.45) is 1.94. The van der Waals surface area contributed by atoms with E-state index < -0.39 is 0 Å². The van der Waals surface area contributed by atoms with E-state index in [2.05, 4.69) is 26.4 Å². The summed E-state index contributed by atoms with van der Waals surface area (Å²) >= 11 is 2.13. The van der Waals surface area contributed by atoms with E-state index in [-0.39, 0.29) is 0 Å². The molecule has 0 saturated heterocycles. The van der Waals surface area contributed by atoms with Crippen molar-refractivity contribution in [2.45, 2.75) is 12.8 Å². The number of nitrogens with two attached hydrogens (primary N) is 1. The molecule has 0 aliphatic rings. The first-order valence-electron chi connectivity index (χ1n) is 5.68. The lowest BCUT2D eigenvalue weighted by Crippen LogP contribution is -2.12. The molecular formula is C10H23IN2O3. The predicted octanol–water partition coefficient (Wildman–Crippen LogP) is 0.715. The zero-order valence-corrected chi connectivity index (χ0v) is 11.9. The summed E-state index contributed by atoms with van der Waals surface area (Å²) in [6, 6.07) is 0. The molecule has 0 spiro atoms. The molecule has 0 radical (unpaired) electrons. The zero-order valence-electron chi connectivity index (χ0n) is 9.75. The van der Waals surface area contributed by atoms with Crippen molar-refractivity contribution in [2.75, 3.05) is 52.7 Å². The van der Waals surface area contributed by atoms with Crippen LogP contribution < -0.4 is 9.26 Å². The van der Waals surface area contributed by atoms with Crippen LogP contribution in [0.25, 0.3) is 0 Å². The lowest BCUT2D eigenvalue weighted by molar-refractivity contribution is 0.0142. The van der Waals surface area contributed by atoms with Gasteiger partial charge in [-0.2, -0.15) is 0 Å². The first-order valence-corrected chi connectivity index (χ1v) is 6.76. The zero-order chi connectivity index (χ0) is 11.9. The van der Waals surface area contributed by atoms with E-state index >= 15 is 0 Å². The van der Waals surface area contributed by atoms with Gasteiger partial charge >= 0.3 is 0 Å². The molecule has 0 rings (SSSR count). The second-order valence-corrected chi connectivity index (χ2v) is 3.98. The lowest BCUT2D eigenvalue weighted by Gasteiger charge is -2.06. The highest BCUT2D eigenvalue weighted by molar-refractivity contribution is 14.1. The third kappa shape index (κ3) is 14.5. The molecule has 0 aromatic rings. The van der Waals surface area contributed by atoms with Crippen LogP contribution in [0.2, 0.25) is 0 Å². The first kappa shape index (κ1) is 16.5. The average Bonchev–Trinajstić information content (AvgIpc) is 2.31. The molecule has 0 aromatic carbocycles. The third-order valence-corrected chi connectivity index (χ3v) is 2.34. The normalized spacial score (nSPS) is 10.9. The van der Waals surface area contributed by atoms with Gasteiger partial charge in [0.1, 0.15) is 0 Å². The van der Waals surface area contributed by atoms with Crippen molar-refractivity contribution in [3.05, 3.63) is 0 Å². The molecule has 0 fully saturated rings. The van der Waals surface area contributed by atoms with Crippen molar-refractivity contribution < 1.29 is 14.2 Å².